The zero-order valence-electron chi connectivity index (χ0n) is 11.3. The number of nitrogens with zero attached hydrogens (tertiary/aromatic N) is 4. The van der Waals surface area contributed by atoms with Gasteiger partial charge in [-0.3, -0.25) is 0 Å². The summed E-state index contributed by atoms with van der Waals surface area (Å²) >= 11 is 0. The van der Waals surface area contributed by atoms with Crippen molar-refractivity contribution in [2.24, 2.45) is 0 Å². The molecule has 0 aliphatic carbocycles. The first-order chi connectivity index (χ1) is 10.8. The molecule has 0 bridgehead atoms. The quantitative estimate of drug-likeness (QED) is 0.611. The van der Waals surface area contributed by atoms with Gasteiger partial charge in [-0.2, -0.15) is 10.5 Å². The average molecular weight is 287 g/mol. The van der Waals surface area contributed by atoms with Gasteiger partial charge in [0.1, 0.15) is 11.6 Å². The Hall–Kier alpha value is -3.46. The van der Waals surface area contributed by atoms with Crippen LogP contribution in [-0.2, 0) is 0 Å². The van der Waals surface area contributed by atoms with Crippen LogP contribution in [0.3, 0.4) is 0 Å². The van der Waals surface area contributed by atoms with Crippen molar-refractivity contribution in [3.05, 3.63) is 54.2 Å². The van der Waals surface area contributed by atoms with E-state index in [4.69, 9.17) is 9.68 Å². The molecule has 0 saturated carbocycles. The molecule has 0 radical (unpaired) electrons. The van der Waals surface area contributed by atoms with E-state index in [9.17, 15) is 0 Å². The molecule has 0 saturated heterocycles. The highest BCUT2D eigenvalue weighted by molar-refractivity contribution is 5.82. The van der Waals surface area contributed by atoms with E-state index in [-0.39, 0.29) is 11.6 Å². The number of nitriles is 1. The Kier molecular flexibility index (Phi) is 2.70. The van der Waals surface area contributed by atoms with Gasteiger partial charge in [0.15, 0.2) is 17.0 Å². The SMILES string of the molecule is N#Cc1n[nH]nc1-c1nc2cc(-c3ccccc3)ccc2o1. The maximum absolute atomic E-state index is 8.99. The Labute approximate surface area is 125 Å². The van der Waals surface area contributed by atoms with Crippen molar-refractivity contribution in [1.82, 2.24) is 20.4 Å². The summed E-state index contributed by atoms with van der Waals surface area (Å²) in [5.74, 6) is 0.283. The molecular formula is C16H9N5O. The van der Waals surface area contributed by atoms with Crippen molar-refractivity contribution < 1.29 is 4.42 Å². The Balaban J connectivity index is 1.84. The second-order valence-corrected chi connectivity index (χ2v) is 4.70. The highest BCUT2D eigenvalue weighted by atomic mass is 16.3. The van der Waals surface area contributed by atoms with Crippen LogP contribution in [0.15, 0.2) is 52.9 Å². The van der Waals surface area contributed by atoms with Crippen molar-refractivity contribution in [3.63, 3.8) is 0 Å². The molecule has 0 unspecified atom stereocenters. The van der Waals surface area contributed by atoms with Crippen molar-refractivity contribution >= 4 is 11.1 Å². The van der Waals surface area contributed by atoms with Gasteiger partial charge in [0.05, 0.1) is 0 Å². The number of aromatic nitrogens is 4. The summed E-state index contributed by atoms with van der Waals surface area (Å²) < 4.78 is 5.66. The van der Waals surface area contributed by atoms with Crippen LogP contribution < -0.4 is 0 Å². The summed E-state index contributed by atoms with van der Waals surface area (Å²) in [5, 5.41) is 19.1. The largest absolute Gasteiger partial charge is 0.435 e. The first-order valence-corrected chi connectivity index (χ1v) is 6.62. The number of aromatic amines is 1. The van der Waals surface area contributed by atoms with Crippen LogP contribution in [-0.4, -0.2) is 20.4 Å². The monoisotopic (exact) mass is 287 g/mol. The maximum Gasteiger partial charge on any atom is 0.251 e. The van der Waals surface area contributed by atoms with E-state index in [1.165, 1.54) is 0 Å². The van der Waals surface area contributed by atoms with Crippen molar-refractivity contribution in [3.8, 4) is 28.8 Å². The number of hydrogen-bond donors (Lipinski definition) is 1. The van der Waals surface area contributed by atoms with E-state index in [0.29, 0.717) is 16.8 Å². The normalized spacial score (nSPS) is 10.7. The first-order valence-electron chi connectivity index (χ1n) is 6.62. The average Bonchev–Trinajstić information content (AvgIpc) is 3.20. The zero-order valence-corrected chi connectivity index (χ0v) is 11.3. The summed E-state index contributed by atoms with van der Waals surface area (Å²) in [4.78, 5) is 4.41. The molecule has 0 fully saturated rings. The van der Waals surface area contributed by atoms with E-state index < -0.39 is 0 Å². The molecule has 2 aromatic carbocycles. The summed E-state index contributed by atoms with van der Waals surface area (Å²) in [6.07, 6.45) is 0. The number of hydrogen-bond acceptors (Lipinski definition) is 5. The minimum atomic E-state index is 0.162. The third-order valence-corrected chi connectivity index (χ3v) is 3.35. The van der Waals surface area contributed by atoms with E-state index in [1.54, 1.807) is 0 Å². The van der Waals surface area contributed by atoms with E-state index in [2.05, 4.69) is 20.4 Å². The highest BCUT2D eigenvalue weighted by Crippen LogP contribution is 2.28. The topological polar surface area (TPSA) is 91.4 Å². The second-order valence-electron chi connectivity index (χ2n) is 4.70. The summed E-state index contributed by atoms with van der Waals surface area (Å²) in [6, 6.07) is 17.8. The lowest BCUT2D eigenvalue weighted by Crippen LogP contribution is -1.82. The number of H-pyrrole nitrogens is 1. The van der Waals surface area contributed by atoms with Crippen LogP contribution in [0.5, 0.6) is 0 Å². The van der Waals surface area contributed by atoms with Crippen LogP contribution in [0.25, 0.3) is 33.8 Å². The summed E-state index contributed by atoms with van der Waals surface area (Å²) in [6.45, 7) is 0. The fourth-order valence-corrected chi connectivity index (χ4v) is 2.30. The van der Waals surface area contributed by atoms with Crippen LogP contribution in [0.4, 0.5) is 0 Å². The van der Waals surface area contributed by atoms with Gasteiger partial charge in [-0.1, -0.05) is 36.4 Å². The molecule has 0 spiro atoms. The van der Waals surface area contributed by atoms with E-state index >= 15 is 0 Å². The molecule has 22 heavy (non-hydrogen) atoms. The summed E-state index contributed by atoms with van der Waals surface area (Å²) in [5.41, 5.74) is 3.99. The lowest BCUT2D eigenvalue weighted by Gasteiger charge is -1.99. The molecule has 4 rings (SSSR count). The van der Waals surface area contributed by atoms with Crippen molar-refractivity contribution in [2.45, 2.75) is 0 Å². The van der Waals surface area contributed by atoms with Gasteiger partial charge in [0, 0.05) is 0 Å². The summed E-state index contributed by atoms with van der Waals surface area (Å²) in [7, 11) is 0. The maximum atomic E-state index is 8.99. The fraction of sp³-hybridized carbons (Fsp3) is 0. The standard InChI is InChI=1S/C16H9N5O/c17-9-13-15(20-21-19-13)16-18-12-8-11(6-7-14(12)22-16)10-4-2-1-3-5-10/h1-8H,(H,19,20,21). The number of oxazole rings is 1. The highest BCUT2D eigenvalue weighted by Gasteiger charge is 2.16. The van der Waals surface area contributed by atoms with E-state index in [0.717, 1.165) is 11.1 Å². The Bertz CT molecular complexity index is 994. The molecule has 104 valence electrons. The molecule has 0 aliphatic heterocycles. The fourth-order valence-electron chi connectivity index (χ4n) is 2.30. The molecule has 4 aromatic rings. The molecule has 6 heteroatoms. The van der Waals surface area contributed by atoms with Crippen LogP contribution in [0.1, 0.15) is 5.69 Å². The lowest BCUT2D eigenvalue weighted by molar-refractivity contribution is 0.616. The lowest BCUT2D eigenvalue weighted by atomic mass is 10.1. The zero-order chi connectivity index (χ0) is 14.9. The van der Waals surface area contributed by atoms with Crippen LogP contribution in [0, 0.1) is 11.3 Å². The Morgan fingerprint density at radius 2 is 1.86 bits per heavy atom. The Morgan fingerprint density at radius 1 is 1.00 bits per heavy atom. The predicted octanol–water partition coefficient (Wildman–Crippen LogP) is 3.15. The third-order valence-electron chi connectivity index (χ3n) is 3.35. The molecule has 2 aromatic heterocycles. The number of rotatable bonds is 2. The minimum Gasteiger partial charge on any atom is -0.435 e. The van der Waals surface area contributed by atoms with Gasteiger partial charge in [-0.15, -0.1) is 10.2 Å². The number of fused-ring (bicyclic) bond motifs is 1. The van der Waals surface area contributed by atoms with Crippen LogP contribution >= 0.6 is 0 Å². The smallest absolute Gasteiger partial charge is 0.251 e. The van der Waals surface area contributed by atoms with Crippen LogP contribution in [0.2, 0.25) is 0 Å². The van der Waals surface area contributed by atoms with Gasteiger partial charge < -0.3 is 4.42 Å². The number of benzene rings is 2. The molecule has 0 amide bonds. The molecule has 0 aliphatic rings. The van der Waals surface area contributed by atoms with Gasteiger partial charge >= 0.3 is 0 Å². The molecule has 1 N–H and O–H groups in total. The van der Waals surface area contributed by atoms with Crippen molar-refractivity contribution in [1.29, 1.82) is 5.26 Å². The number of nitrogens with one attached hydrogen (secondary N) is 1. The van der Waals surface area contributed by atoms with Gasteiger partial charge in [0.25, 0.3) is 5.89 Å². The van der Waals surface area contributed by atoms with E-state index in [1.807, 2.05) is 54.6 Å². The van der Waals surface area contributed by atoms with Gasteiger partial charge in [0.2, 0.25) is 0 Å². The molecule has 0 atom stereocenters. The Morgan fingerprint density at radius 3 is 2.68 bits per heavy atom. The first kappa shape index (κ1) is 12.3. The molecule has 2 heterocycles. The third kappa shape index (κ3) is 1.93. The van der Waals surface area contributed by atoms with Gasteiger partial charge in [-0.05, 0) is 23.3 Å². The second kappa shape index (κ2) is 4.82. The molecule has 6 nitrogen and oxygen atoms in total. The minimum absolute atomic E-state index is 0.162. The molecular weight excluding hydrogens is 278 g/mol. The van der Waals surface area contributed by atoms with Gasteiger partial charge in [-0.25, -0.2) is 4.98 Å². The van der Waals surface area contributed by atoms with Crippen molar-refractivity contribution in [2.75, 3.05) is 0 Å². The predicted molar refractivity (Wildman–Crippen MR) is 79.5 cm³/mol.